The van der Waals surface area contributed by atoms with Crippen molar-refractivity contribution in [3.63, 3.8) is 0 Å². The summed E-state index contributed by atoms with van der Waals surface area (Å²) in [5.74, 6) is 0.815. The third-order valence-corrected chi connectivity index (χ3v) is 5.68. The monoisotopic (exact) mass is 382 g/mol. The molecule has 0 spiro atoms. The van der Waals surface area contributed by atoms with E-state index in [1.54, 1.807) is 0 Å². The number of nitrogens with zero attached hydrogens (tertiary/aromatic N) is 2. The summed E-state index contributed by atoms with van der Waals surface area (Å²) in [6, 6.07) is 12.7. The first-order chi connectivity index (χ1) is 13.6. The van der Waals surface area contributed by atoms with Crippen molar-refractivity contribution in [1.82, 2.24) is 4.90 Å². The summed E-state index contributed by atoms with van der Waals surface area (Å²) in [6.45, 7) is 4.87. The SMILES string of the molecule is Cc1ccc2c(c1)OC[C@H](CC(=O)N1CCCCC1)N2Cc1ccc(F)cc1. The summed E-state index contributed by atoms with van der Waals surface area (Å²) >= 11 is 0. The van der Waals surface area contributed by atoms with Crippen LogP contribution in [-0.2, 0) is 11.3 Å². The Labute approximate surface area is 165 Å². The van der Waals surface area contributed by atoms with Crippen LogP contribution in [0.3, 0.4) is 0 Å². The number of anilines is 1. The molecule has 0 bridgehead atoms. The number of likely N-dealkylation sites (tertiary alicyclic amines) is 1. The van der Waals surface area contributed by atoms with Crippen molar-refractivity contribution in [2.24, 2.45) is 0 Å². The van der Waals surface area contributed by atoms with E-state index in [1.165, 1.54) is 18.6 Å². The molecule has 0 unspecified atom stereocenters. The lowest BCUT2D eigenvalue weighted by atomic mass is 10.0. The summed E-state index contributed by atoms with van der Waals surface area (Å²) in [7, 11) is 0. The van der Waals surface area contributed by atoms with Gasteiger partial charge < -0.3 is 14.5 Å². The number of hydrogen-bond donors (Lipinski definition) is 0. The van der Waals surface area contributed by atoms with Gasteiger partial charge in [0, 0.05) is 19.6 Å². The van der Waals surface area contributed by atoms with Crippen molar-refractivity contribution >= 4 is 11.6 Å². The number of rotatable bonds is 4. The van der Waals surface area contributed by atoms with Crippen LogP contribution in [0.2, 0.25) is 0 Å². The maximum absolute atomic E-state index is 13.3. The van der Waals surface area contributed by atoms with Gasteiger partial charge in [0.25, 0.3) is 0 Å². The highest BCUT2D eigenvalue weighted by Crippen LogP contribution is 2.36. The van der Waals surface area contributed by atoms with E-state index in [1.807, 2.05) is 30.0 Å². The smallest absolute Gasteiger partial charge is 0.224 e. The van der Waals surface area contributed by atoms with Gasteiger partial charge >= 0.3 is 0 Å². The van der Waals surface area contributed by atoms with Crippen LogP contribution in [0.25, 0.3) is 0 Å². The molecular weight excluding hydrogens is 355 g/mol. The fourth-order valence-corrected chi connectivity index (χ4v) is 4.09. The normalized spacial score (nSPS) is 19.1. The zero-order valence-corrected chi connectivity index (χ0v) is 16.4. The fourth-order valence-electron chi connectivity index (χ4n) is 4.09. The zero-order valence-electron chi connectivity index (χ0n) is 16.4. The van der Waals surface area contributed by atoms with Crippen LogP contribution in [0.1, 0.15) is 36.8 Å². The third-order valence-electron chi connectivity index (χ3n) is 5.68. The van der Waals surface area contributed by atoms with Gasteiger partial charge in [0.1, 0.15) is 18.2 Å². The van der Waals surface area contributed by atoms with Gasteiger partial charge in [-0.15, -0.1) is 0 Å². The molecule has 2 aliphatic rings. The Kier molecular flexibility index (Phi) is 5.51. The number of aryl methyl sites for hydroxylation is 1. The van der Waals surface area contributed by atoms with Crippen LogP contribution in [-0.4, -0.2) is 36.5 Å². The molecule has 2 aromatic rings. The molecule has 4 rings (SSSR count). The van der Waals surface area contributed by atoms with Gasteiger partial charge in [-0.25, -0.2) is 4.39 Å². The molecule has 0 saturated carbocycles. The van der Waals surface area contributed by atoms with Gasteiger partial charge in [-0.3, -0.25) is 4.79 Å². The van der Waals surface area contributed by atoms with E-state index in [2.05, 4.69) is 17.0 Å². The number of ether oxygens (including phenoxy) is 1. The van der Waals surface area contributed by atoms with E-state index >= 15 is 0 Å². The topological polar surface area (TPSA) is 32.8 Å². The van der Waals surface area contributed by atoms with Crippen LogP contribution >= 0.6 is 0 Å². The number of amides is 1. The minimum atomic E-state index is -0.237. The maximum Gasteiger partial charge on any atom is 0.224 e. The van der Waals surface area contributed by atoms with E-state index in [9.17, 15) is 9.18 Å². The molecule has 0 aliphatic carbocycles. The fraction of sp³-hybridized carbons (Fsp3) is 0.435. The summed E-state index contributed by atoms with van der Waals surface area (Å²) in [5, 5.41) is 0. The van der Waals surface area contributed by atoms with Crippen LogP contribution in [0.15, 0.2) is 42.5 Å². The van der Waals surface area contributed by atoms with Gasteiger partial charge in [0.2, 0.25) is 5.91 Å². The van der Waals surface area contributed by atoms with Crippen LogP contribution in [0, 0.1) is 12.7 Å². The molecule has 0 aromatic heterocycles. The molecule has 148 valence electrons. The van der Waals surface area contributed by atoms with Gasteiger partial charge in [-0.1, -0.05) is 18.2 Å². The predicted molar refractivity (Wildman–Crippen MR) is 108 cm³/mol. The van der Waals surface area contributed by atoms with E-state index < -0.39 is 0 Å². The average Bonchev–Trinajstić information content (AvgIpc) is 2.71. The predicted octanol–water partition coefficient (Wildman–Crippen LogP) is 4.30. The van der Waals surface area contributed by atoms with Crippen molar-refractivity contribution < 1.29 is 13.9 Å². The first-order valence-corrected chi connectivity index (χ1v) is 10.1. The summed E-state index contributed by atoms with van der Waals surface area (Å²) in [6.07, 6.45) is 3.83. The molecule has 5 heteroatoms. The molecular formula is C23H27FN2O2. The Morgan fingerprint density at radius 1 is 1.11 bits per heavy atom. The molecule has 2 heterocycles. The van der Waals surface area contributed by atoms with Crippen LogP contribution < -0.4 is 9.64 Å². The van der Waals surface area contributed by atoms with Gasteiger partial charge in [0.05, 0.1) is 18.2 Å². The lowest BCUT2D eigenvalue weighted by Gasteiger charge is -2.39. The van der Waals surface area contributed by atoms with Crippen molar-refractivity contribution in [3.8, 4) is 5.75 Å². The Bertz CT molecular complexity index is 831. The average molecular weight is 382 g/mol. The minimum Gasteiger partial charge on any atom is -0.489 e. The van der Waals surface area contributed by atoms with Crippen molar-refractivity contribution in [2.45, 2.75) is 45.2 Å². The van der Waals surface area contributed by atoms with E-state index in [4.69, 9.17) is 4.74 Å². The van der Waals surface area contributed by atoms with Crippen LogP contribution in [0.4, 0.5) is 10.1 Å². The number of benzene rings is 2. The Balaban J connectivity index is 1.57. The van der Waals surface area contributed by atoms with E-state index in [-0.39, 0.29) is 17.8 Å². The van der Waals surface area contributed by atoms with Gasteiger partial charge in [-0.05, 0) is 61.6 Å². The van der Waals surface area contributed by atoms with E-state index in [0.717, 1.165) is 48.5 Å². The number of hydrogen-bond acceptors (Lipinski definition) is 3. The molecule has 1 amide bonds. The second-order valence-corrected chi connectivity index (χ2v) is 7.84. The first kappa shape index (κ1) is 18.8. The summed E-state index contributed by atoms with van der Waals surface area (Å²) < 4.78 is 19.3. The molecule has 0 radical (unpaired) electrons. The quantitative estimate of drug-likeness (QED) is 0.790. The number of carbonyl (C=O) groups is 1. The maximum atomic E-state index is 13.3. The lowest BCUT2D eigenvalue weighted by molar-refractivity contribution is -0.132. The molecule has 0 N–H and O–H groups in total. The number of fused-ring (bicyclic) bond motifs is 1. The molecule has 28 heavy (non-hydrogen) atoms. The molecule has 1 atom stereocenters. The Morgan fingerprint density at radius 2 is 1.86 bits per heavy atom. The molecule has 2 aliphatic heterocycles. The Morgan fingerprint density at radius 3 is 2.61 bits per heavy atom. The second-order valence-electron chi connectivity index (χ2n) is 7.84. The van der Waals surface area contributed by atoms with Crippen molar-refractivity contribution in [2.75, 3.05) is 24.6 Å². The number of piperidine rings is 1. The molecule has 4 nitrogen and oxygen atoms in total. The van der Waals surface area contributed by atoms with Crippen LogP contribution in [0.5, 0.6) is 5.75 Å². The minimum absolute atomic E-state index is 0.0327. The van der Waals surface area contributed by atoms with Gasteiger partial charge in [0.15, 0.2) is 0 Å². The van der Waals surface area contributed by atoms with Gasteiger partial charge in [-0.2, -0.15) is 0 Å². The van der Waals surface area contributed by atoms with Crippen molar-refractivity contribution in [3.05, 3.63) is 59.4 Å². The van der Waals surface area contributed by atoms with Crippen molar-refractivity contribution in [1.29, 1.82) is 0 Å². The second kappa shape index (κ2) is 8.21. The first-order valence-electron chi connectivity index (χ1n) is 10.1. The standard InChI is InChI=1S/C23H27FN2O2/c1-17-5-10-21-22(13-17)28-16-20(14-23(27)25-11-3-2-4-12-25)26(21)15-18-6-8-19(24)9-7-18/h5-10,13,20H,2-4,11-12,14-16H2,1H3/t20-/m0/s1. The third kappa shape index (κ3) is 4.13. The number of carbonyl (C=O) groups excluding carboxylic acids is 1. The highest BCUT2D eigenvalue weighted by molar-refractivity contribution is 5.78. The lowest BCUT2D eigenvalue weighted by Crippen LogP contribution is -2.47. The molecule has 1 fully saturated rings. The highest BCUT2D eigenvalue weighted by Gasteiger charge is 2.31. The largest absolute Gasteiger partial charge is 0.489 e. The highest BCUT2D eigenvalue weighted by atomic mass is 19.1. The number of halogens is 1. The summed E-state index contributed by atoms with van der Waals surface area (Å²) in [4.78, 5) is 17.1. The zero-order chi connectivity index (χ0) is 19.5. The molecule has 2 aromatic carbocycles. The summed E-state index contributed by atoms with van der Waals surface area (Å²) in [5.41, 5.74) is 3.16. The molecule has 1 saturated heterocycles. The van der Waals surface area contributed by atoms with E-state index in [0.29, 0.717) is 19.6 Å². The Hall–Kier alpha value is -2.56.